The Balaban J connectivity index is 1.62. The van der Waals surface area contributed by atoms with Crippen LogP contribution in [0.15, 0.2) is 72.1 Å². The molecule has 2 N–H and O–H groups in total. The van der Waals surface area contributed by atoms with Gasteiger partial charge in [0.1, 0.15) is 12.1 Å². The molecular weight excluding hydrogens is 372 g/mol. The van der Waals surface area contributed by atoms with E-state index in [0.29, 0.717) is 11.5 Å². The van der Waals surface area contributed by atoms with Gasteiger partial charge in [-0.3, -0.25) is 19.5 Å². The number of amides is 2. The number of thiophene rings is 1. The van der Waals surface area contributed by atoms with Gasteiger partial charge in [-0.2, -0.15) is 0 Å². The molecule has 1 aliphatic heterocycles. The molecule has 2 aromatic heterocycles. The number of hydrogen-bond donors (Lipinski definition) is 2. The molecule has 0 spiro atoms. The van der Waals surface area contributed by atoms with Gasteiger partial charge >= 0.3 is 0 Å². The predicted molar refractivity (Wildman–Crippen MR) is 109 cm³/mol. The first-order valence-electron chi connectivity index (χ1n) is 8.89. The average Bonchev–Trinajstić information content (AvgIpc) is 3.37. The highest BCUT2D eigenvalue weighted by atomic mass is 32.1. The summed E-state index contributed by atoms with van der Waals surface area (Å²) in [5.41, 5.74) is 2.23. The summed E-state index contributed by atoms with van der Waals surface area (Å²) in [7, 11) is 0. The Morgan fingerprint density at radius 3 is 2.61 bits per heavy atom. The van der Waals surface area contributed by atoms with E-state index in [9.17, 15) is 9.59 Å². The third-order valence-corrected chi connectivity index (χ3v) is 5.81. The molecule has 2 unspecified atom stereocenters. The zero-order valence-corrected chi connectivity index (χ0v) is 15.5. The first-order chi connectivity index (χ1) is 13.7. The number of nitrogens with zero attached hydrogens (tertiary/aromatic N) is 2. The van der Waals surface area contributed by atoms with Gasteiger partial charge in [0.2, 0.25) is 5.95 Å². The van der Waals surface area contributed by atoms with Crippen LogP contribution >= 0.6 is 11.3 Å². The molecule has 28 heavy (non-hydrogen) atoms. The Kier molecular flexibility index (Phi) is 3.95. The molecule has 5 rings (SSSR count). The number of anilines is 1. The standard InChI is InChI=1S/C21H16N4O2S/c26-19(13-7-2-1-3-8-13)23-17-18(16-11-6-12-28-16)25-15-10-5-4-9-14(15)22-21(25)24-20(17)27/h1-12,17-18H,(H,23,26)(H,22,24,27). The molecule has 7 heteroatoms. The Bertz CT molecular complexity index is 1170. The Morgan fingerprint density at radius 2 is 1.82 bits per heavy atom. The Morgan fingerprint density at radius 1 is 1.04 bits per heavy atom. The summed E-state index contributed by atoms with van der Waals surface area (Å²) in [6.45, 7) is 0. The molecule has 2 atom stereocenters. The Labute approximate surface area is 164 Å². The van der Waals surface area contributed by atoms with Crippen LogP contribution in [0.1, 0.15) is 21.3 Å². The predicted octanol–water partition coefficient (Wildman–Crippen LogP) is 3.44. The number of aromatic nitrogens is 2. The second-order valence-electron chi connectivity index (χ2n) is 6.56. The van der Waals surface area contributed by atoms with Crippen LogP contribution in [0.5, 0.6) is 0 Å². The van der Waals surface area contributed by atoms with Crippen LogP contribution in [0.25, 0.3) is 11.0 Å². The van der Waals surface area contributed by atoms with Gasteiger partial charge in [0.05, 0.1) is 11.0 Å². The second kappa shape index (κ2) is 6.61. The highest BCUT2D eigenvalue weighted by Crippen LogP contribution is 2.36. The molecule has 2 amide bonds. The summed E-state index contributed by atoms with van der Waals surface area (Å²) in [6.07, 6.45) is 0. The largest absolute Gasteiger partial charge is 0.338 e. The van der Waals surface area contributed by atoms with Crippen molar-refractivity contribution < 1.29 is 9.59 Å². The molecule has 6 nitrogen and oxygen atoms in total. The second-order valence-corrected chi connectivity index (χ2v) is 7.54. The molecule has 2 aromatic carbocycles. The lowest BCUT2D eigenvalue weighted by Crippen LogP contribution is -2.52. The lowest BCUT2D eigenvalue weighted by atomic mass is 10.0. The third-order valence-electron chi connectivity index (χ3n) is 4.86. The van der Waals surface area contributed by atoms with E-state index in [0.717, 1.165) is 15.9 Å². The van der Waals surface area contributed by atoms with Crippen LogP contribution in [0.4, 0.5) is 5.95 Å². The summed E-state index contributed by atoms with van der Waals surface area (Å²) in [4.78, 5) is 31.2. The SMILES string of the molecule is O=C(NC1C(=O)Nc2nc3ccccc3n2C1c1cccs1)c1ccccc1. The molecule has 138 valence electrons. The maximum atomic E-state index is 12.9. The highest BCUT2D eigenvalue weighted by Gasteiger charge is 2.40. The first-order valence-corrected chi connectivity index (χ1v) is 9.77. The fraction of sp³-hybridized carbons (Fsp3) is 0.0952. The van der Waals surface area contributed by atoms with Gasteiger partial charge in [-0.15, -0.1) is 11.3 Å². The van der Waals surface area contributed by atoms with Crippen molar-refractivity contribution in [3.63, 3.8) is 0 Å². The number of para-hydroxylation sites is 2. The van der Waals surface area contributed by atoms with E-state index >= 15 is 0 Å². The molecule has 0 saturated carbocycles. The van der Waals surface area contributed by atoms with E-state index < -0.39 is 6.04 Å². The third kappa shape index (κ3) is 2.68. The van der Waals surface area contributed by atoms with Crippen molar-refractivity contribution in [1.29, 1.82) is 0 Å². The van der Waals surface area contributed by atoms with Crippen LogP contribution in [-0.4, -0.2) is 27.4 Å². The number of hydrogen-bond acceptors (Lipinski definition) is 4. The van der Waals surface area contributed by atoms with Crippen molar-refractivity contribution in [1.82, 2.24) is 14.9 Å². The smallest absolute Gasteiger partial charge is 0.251 e. The van der Waals surface area contributed by atoms with Crippen molar-refractivity contribution in [2.75, 3.05) is 5.32 Å². The van der Waals surface area contributed by atoms with E-state index in [1.54, 1.807) is 35.6 Å². The topological polar surface area (TPSA) is 76.0 Å². The molecule has 0 aliphatic carbocycles. The summed E-state index contributed by atoms with van der Waals surface area (Å²) in [5.74, 6) is -0.0597. The minimum Gasteiger partial charge on any atom is -0.338 e. The van der Waals surface area contributed by atoms with E-state index in [1.807, 2.05) is 52.4 Å². The summed E-state index contributed by atoms with van der Waals surface area (Å²) < 4.78 is 2.00. The Hall–Kier alpha value is -3.45. The van der Waals surface area contributed by atoms with Crippen LogP contribution in [0.2, 0.25) is 0 Å². The summed E-state index contributed by atoms with van der Waals surface area (Å²) >= 11 is 1.55. The molecule has 1 aliphatic rings. The summed E-state index contributed by atoms with van der Waals surface area (Å²) in [6, 6.07) is 19.5. The fourth-order valence-electron chi connectivity index (χ4n) is 3.60. The average molecular weight is 388 g/mol. The quantitative estimate of drug-likeness (QED) is 0.565. The number of carbonyl (C=O) groups is 2. The van der Waals surface area contributed by atoms with Gasteiger partial charge in [0, 0.05) is 10.4 Å². The number of fused-ring (bicyclic) bond motifs is 3. The molecule has 3 heterocycles. The van der Waals surface area contributed by atoms with E-state index in [1.165, 1.54) is 0 Å². The molecule has 0 radical (unpaired) electrons. The van der Waals surface area contributed by atoms with Gasteiger partial charge in [0.25, 0.3) is 11.8 Å². The van der Waals surface area contributed by atoms with Crippen molar-refractivity contribution in [2.24, 2.45) is 0 Å². The van der Waals surface area contributed by atoms with Crippen molar-refractivity contribution in [3.05, 3.63) is 82.6 Å². The number of carbonyl (C=O) groups excluding carboxylic acids is 2. The number of nitrogens with one attached hydrogen (secondary N) is 2. The lowest BCUT2D eigenvalue weighted by molar-refractivity contribution is -0.119. The van der Waals surface area contributed by atoms with Gasteiger partial charge in [-0.25, -0.2) is 4.98 Å². The lowest BCUT2D eigenvalue weighted by Gasteiger charge is -2.33. The molecule has 0 saturated heterocycles. The van der Waals surface area contributed by atoms with Crippen molar-refractivity contribution in [3.8, 4) is 0 Å². The van der Waals surface area contributed by atoms with Gasteiger partial charge in [-0.1, -0.05) is 36.4 Å². The fourth-order valence-corrected chi connectivity index (χ4v) is 4.46. The van der Waals surface area contributed by atoms with E-state index in [4.69, 9.17) is 0 Å². The zero-order valence-electron chi connectivity index (χ0n) is 14.7. The van der Waals surface area contributed by atoms with E-state index in [2.05, 4.69) is 15.6 Å². The number of benzene rings is 2. The van der Waals surface area contributed by atoms with Crippen LogP contribution in [0.3, 0.4) is 0 Å². The minimum atomic E-state index is -0.753. The molecule has 0 fully saturated rings. The van der Waals surface area contributed by atoms with Crippen molar-refractivity contribution in [2.45, 2.75) is 12.1 Å². The number of imidazole rings is 1. The van der Waals surface area contributed by atoms with Gasteiger partial charge in [-0.05, 0) is 35.7 Å². The maximum absolute atomic E-state index is 12.9. The maximum Gasteiger partial charge on any atom is 0.251 e. The normalized spacial score (nSPS) is 18.5. The minimum absolute atomic E-state index is 0.273. The van der Waals surface area contributed by atoms with Crippen LogP contribution in [-0.2, 0) is 4.79 Å². The van der Waals surface area contributed by atoms with Crippen LogP contribution in [0, 0.1) is 0 Å². The first kappa shape index (κ1) is 16.7. The van der Waals surface area contributed by atoms with Crippen molar-refractivity contribution >= 4 is 40.1 Å². The monoisotopic (exact) mass is 388 g/mol. The molecular formula is C21H16N4O2S. The van der Waals surface area contributed by atoms with Gasteiger partial charge < -0.3 is 5.32 Å². The molecule has 0 bridgehead atoms. The van der Waals surface area contributed by atoms with Gasteiger partial charge in [0.15, 0.2) is 0 Å². The highest BCUT2D eigenvalue weighted by molar-refractivity contribution is 7.10. The molecule has 4 aromatic rings. The summed E-state index contributed by atoms with van der Waals surface area (Å²) in [5, 5.41) is 7.75. The van der Waals surface area contributed by atoms with Crippen LogP contribution < -0.4 is 10.6 Å². The zero-order chi connectivity index (χ0) is 19.1. The number of rotatable bonds is 3. The van der Waals surface area contributed by atoms with E-state index in [-0.39, 0.29) is 17.9 Å².